The Bertz CT molecular complexity index is 504. The van der Waals surface area contributed by atoms with Crippen LogP contribution in [0.25, 0.3) is 11.1 Å². The van der Waals surface area contributed by atoms with Crippen molar-refractivity contribution >= 4 is 16.9 Å². The van der Waals surface area contributed by atoms with E-state index in [4.69, 9.17) is 4.42 Å². The van der Waals surface area contributed by atoms with Crippen LogP contribution < -0.4 is 0 Å². The highest BCUT2D eigenvalue weighted by molar-refractivity contribution is 5.76. The molecule has 0 amide bonds. The first-order chi connectivity index (χ1) is 7.16. The molecule has 2 rings (SSSR count). The van der Waals surface area contributed by atoms with Gasteiger partial charge in [-0.1, -0.05) is 6.07 Å². The number of fused-ring (bicyclic) bond motifs is 1. The molecular formula is C11H10FNO2. The van der Waals surface area contributed by atoms with Crippen LogP contribution in [0.5, 0.6) is 0 Å². The highest BCUT2D eigenvalue weighted by Gasteiger charge is 2.09. The summed E-state index contributed by atoms with van der Waals surface area (Å²) in [6.45, 7) is 1.50. The van der Waals surface area contributed by atoms with Crippen molar-refractivity contribution in [3.05, 3.63) is 29.9 Å². The normalized spacial score (nSPS) is 10.8. The summed E-state index contributed by atoms with van der Waals surface area (Å²) in [4.78, 5) is 14.8. The van der Waals surface area contributed by atoms with Gasteiger partial charge >= 0.3 is 0 Å². The Balaban J connectivity index is 2.31. The van der Waals surface area contributed by atoms with Crippen LogP contribution in [-0.2, 0) is 11.2 Å². The van der Waals surface area contributed by atoms with Crippen LogP contribution >= 0.6 is 0 Å². The second-order valence-corrected chi connectivity index (χ2v) is 3.40. The van der Waals surface area contributed by atoms with Gasteiger partial charge in [-0.2, -0.15) is 0 Å². The summed E-state index contributed by atoms with van der Waals surface area (Å²) in [7, 11) is 0. The number of aryl methyl sites for hydroxylation is 1. The molecule has 0 aliphatic heterocycles. The highest BCUT2D eigenvalue weighted by Crippen LogP contribution is 2.19. The second kappa shape index (κ2) is 3.81. The van der Waals surface area contributed by atoms with Gasteiger partial charge in [0.25, 0.3) is 0 Å². The molecule has 0 unspecified atom stereocenters. The van der Waals surface area contributed by atoms with Crippen LogP contribution in [-0.4, -0.2) is 10.8 Å². The van der Waals surface area contributed by atoms with Gasteiger partial charge in [0.2, 0.25) is 0 Å². The fourth-order valence-electron chi connectivity index (χ4n) is 1.35. The van der Waals surface area contributed by atoms with Gasteiger partial charge in [0.15, 0.2) is 17.3 Å². The summed E-state index contributed by atoms with van der Waals surface area (Å²) in [5, 5.41) is 0. The van der Waals surface area contributed by atoms with Crippen molar-refractivity contribution in [1.82, 2.24) is 4.98 Å². The smallest absolute Gasteiger partial charge is 0.196 e. The second-order valence-electron chi connectivity index (χ2n) is 3.40. The third kappa shape index (κ3) is 2.03. The maximum Gasteiger partial charge on any atom is 0.196 e. The molecule has 3 nitrogen and oxygen atoms in total. The molecule has 1 heterocycles. The predicted octanol–water partition coefficient (Wildman–Crippen LogP) is 2.49. The third-order valence-corrected chi connectivity index (χ3v) is 2.10. The molecule has 15 heavy (non-hydrogen) atoms. The molecule has 0 aliphatic rings. The highest BCUT2D eigenvalue weighted by atomic mass is 19.1. The molecule has 1 aromatic heterocycles. The molecule has 0 bridgehead atoms. The van der Waals surface area contributed by atoms with Gasteiger partial charge in [-0.25, -0.2) is 9.37 Å². The van der Waals surface area contributed by atoms with Gasteiger partial charge in [-0.3, -0.25) is 0 Å². The average molecular weight is 207 g/mol. The Hall–Kier alpha value is -1.71. The van der Waals surface area contributed by atoms with Gasteiger partial charge in [0, 0.05) is 12.8 Å². The van der Waals surface area contributed by atoms with Crippen LogP contribution in [0, 0.1) is 5.82 Å². The Morgan fingerprint density at radius 3 is 3.00 bits per heavy atom. The number of carbonyl (C=O) groups excluding carboxylic acids is 1. The lowest BCUT2D eigenvalue weighted by Gasteiger charge is -1.89. The monoisotopic (exact) mass is 207 g/mol. The Morgan fingerprint density at radius 2 is 2.33 bits per heavy atom. The van der Waals surface area contributed by atoms with E-state index in [1.807, 2.05) is 0 Å². The van der Waals surface area contributed by atoms with Gasteiger partial charge < -0.3 is 9.21 Å². The number of para-hydroxylation sites is 1. The van der Waals surface area contributed by atoms with Crippen molar-refractivity contribution in [1.29, 1.82) is 0 Å². The van der Waals surface area contributed by atoms with Gasteiger partial charge in [0.1, 0.15) is 11.3 Å². The molecule has 0 aliphatic carbocycles. The molecule has 2 aromatic rings. The van der Waals surface area contributed by atoms with E-state index >= 15 is 0 Å². The number of rotatable bonds is 3. The van der Waals surface area contributed by atoms with Crippen molar-refractivity contribution in [2.45, 2.75) is 19.8 Å². The zero-order chi connectivity index (χ0) is 10.8. The van der Waals surface area contributed by atoms with E-state index in [0.29, 0.717) is 24.2 Å². The molecular weight excluding hydrogens is 197 g/mol. The lowest BCUT2D eigenvalue weighted by Crippen LogP contribution is -1.93. The number of oxazole rings is 1. The zero-order valence-corrected chi connectivity index (χ0v) is 8.29. The number of halogens is 1. The maximum absolute atomic E-state index is 13.2. The van der Waals surface area contributed by atoms with Gasteiger partial charge in [0.05, 0.1) is 0 Å². The molecule has 0 atom stereocenters. The Morgan fingerprint density at radius 1 is 1.53 bits per heavy atom. The summed E-state index contributed by atoms with van der Waals surface area (Å²) < 4.78 is 18.4. The molecule has 0 spiro atoms. The minimum absolute atomic E-state index is 0.0673. The standard InChI is InChI=1S/C11H10FNO2/c1-7(14)5-6-10-13-9-4-2-3-8(12)11(9)15-10/h2-4H,5-6H2,1H3. The number of hydrogen-bond donors (Lipinski definition) is 0. The van der Waals surface area contributed by atoms with E-state index in [0.717, 1.165) is 0 Å². The molecule has 1 aromatic carbocycles. The quantitative estimate of drug-likeness (QED) is 0.776. The topological polar surface area (TPSA) is 43.1 Å². The third-order valence-electron chi connectivity index (χ3n) is 2.10. The molecule has 0 saturated heterocycles. The van der Waals surface area contributed by atoms with Gasteiger partial charge in [-0.15, -0.1) is 0 Å². The van der Waals surface area contributed by atoms with Crippen LogP contribution in [0.2, 0.25) is 0 Å². The lowest BCUT2D eigenvalue weighted by atomic mass is 10.2. The minimum atomic E-state index is -0.422. The summed E-state index contributed by atoms with van der Waals surface area (Å²) >= 11 is 0. The van der Waals surface area contributed by atoms with E-state index in [9.17, 15) is 9.18 Å². The van der Waals surface area contributed by atoms with Crippen LogP contribution in [0.1, 0.15) is 19.2 Å². The van der Waals surface area contributed by atoms with Crippen LogP contribution in [0.15, 0.2) is 22.6 Å². The fourth-order valence-corrected chi connectivity index (χ4v) is 1.35. The number of aromatic nitrogens is 1. The number of nitrogens with zero attached hydrogens (tertiary/aromatic N) is 1. The molecule has 78 valence electrons. The largest absolute Gasteiger partial charge is 0.438 e. The first-order valence-corrected chi connectivity index (χ1v) is 4.70. The zero-order valence-electron chi connectivity index (χ0n) is 8.29. The Kier molecular flexibility index (Phi) is 2.49. The van der Waals surface area contributed by atoms with E-state index < -0.39 is 5.82 Å². The minimum Gasteiger partial charge on any atom is -0.438 e. The SMILES string of the molecule is CC(=O)CCc1nc2cccc(F)c2o1. The van der Waals surface area contributed by atoms with E-state index in [1.54, 1.807) is 12.1 Å². The molecule has 0 N–H and O–H groups in total. The summed E-state index contributed by atoms with van der Waals surface area (Å²) in [5.41, 5.74) is 0.657. The maximum atomic E-state index is 13.2. The van der Waals surface area contributed by atoms with Gasteiger partial charge in [-0.05, 0) is 19.1 Å². The first-order valence-electron chi connectivity index (χ1n) is 4.70. The van der Waals surface area contributed by atoms with Crippen molar-refractivity contribution in [3.63, 3.8) is 0 Å². The van der Waals surface area contributed by atoms with Crippen molar-refractivity contribution < 1.29 is 13.6 Å². The van der Waals surface area contributed by atoms with E-state index in [2.05, 4.69) is 4.98 Å². The molecule has 0 saturated carbocycles. The van der Waals surface area contributed by atoms with Crippen molar-refractivity contribution in [3.8, 4) is 0 Å². The summed E-state index contributed by atoms with van der Waals surface area (Å²) in [5.74, 6) is 0.0529. The lowest BCUT2D eigenvalue weighted by molar-refractivity contribution is -0.117. The molecule has 0 radical (unpaired) electrons. The number of carbonyl (C=O) groups is 1. The average Bonchev–Trinajstić information content (AvgIpc) is 2.59. The molecule has 0 fully saturated rings. The number of ketones is 1. The predicted molar refractivity (Wildman–Crippen MR) is 53.0 cm³/mol. The first kappa shape index (κ1) is 9.83. The number of hydrogen-bond acceptors (Lipinski definition) is 3. The number of benzene rings is 1. The van der Waals surface area contributed by atoms with E-state index in [-0.39, 0.29) is 11.4 Å². The summed E-state index contributed by atoms with van der Waals surface area (Å²) in [6, 6.07) is 4.58. The number of Topliss-reactive ketones (excluding diaryl/α,β-unsaturated/α-hetero) is 1. The van der Waals surface area contributed by atoms with Crippen molar-refractivity contribution in [2.24, 2.45) is 0 Å². The Labute approximate surface area is 85.9 Å². The van der Waals surface area contributed by atoms with Crippen molar-refractivity contribution in [2.75, 3.05) is 0 Å². The molecule has 4 heteroatoms. The van der Waals surface area contributed by atoms with Crippen LogP contribution in [0.4, 0.5) is 4.39 Å². The van der Waals surface area contributed by atoms with E-state index in [1.165, 1.54) is 13.0 Å². The van der Waals surface area contributed by atoms with Crippen LogP contribution in [0.3, 0.4) is 0 Å². The summed E-state index contributed by atoms with van der Waals surface area (Å²) in [6.07, 6.45) is 0.790. The fraction of sp³-hybridized carbons (Fsp3) is 0.273.